The lowest BCUT2D eigenvalue weighted by atomic mass is 10.2. The maximum atomic E-state index is 12.8. The first-order valence-corrected chi connectivity index (χ1v) is 7.25. The van der Waals surface area contributed by atoms with Crippen molar-refractivity contribution in [1.82, 2.24) is 4.98 Å². The van der Waals surface area contributed by atoms with Crippen LogP contribution in [0, 0.1) is 5.82 Å². The number of nitrogens with one attached hydrogen (secondary N) is 1. The molecule has 0 saturated heterocycles. The number of carbonyl (C=O) groups excluding carboxylic acids is 1. The lowest BCUT2D eigenvalue weighted by Gasteiger charge is -2.02. The Labute approximate surface area is 129 Å². The van der Waals surface area contributed by atoms with Crippen LogP contribution >= 0.6 is 11.3 Å². The standard InChI is InChI=1S/C16H11FN2O2S/c17-11-3-5-12(6-4-11)19-15(21)16-18-9-14(22-16)10-1-7-13(20)8-2-10/h1-9,20H,(H,19,21). The molecule has 0 fully saturated rings. The first-order chi connectivity index (χ1) is 10.6. The van der Waals surface area contributed by atoms with Crippen molar-refractivity contribution >= 4 is 22.9 Å². The molecule has 1 heterocycles. The Morgan fingerprint density at radius 1 is 1.09 bits per heavy atom. The van der Waals surface area contributed by atoms with E-state index in [2.05, 4.69) is 10.3 Å². The lowest BCUT2D eigenvalue weighted by Crippen LogP contribution is -2.11. The maximum absolute atomic E-state index is 12.8. The predicted molar refractivity (Wildman–Crippen MR) is 83.6 cm³/mol. The molecule has 2 N–H and O–H groups in total. The van der Waals surface area contributed by atoms with Crippen molar-refractivity contribution in [3.8, 4) is 16.2 Å². The van der Waals surface area contributed by atoms with E-state index < -0.39 is 0 Å². The summed E-state index contributed by atoms with van der Waals surface area (Å²) < 4.78 is 12.8. The first-order valence-electron chi connectivity index (χ1n) is 6.44. The second kappa shape index (κ2) is 5.95. The number of halogens is 1. The number of phenols is 1. The third-order valence-electron chi connectivity index (χ3n) is 2.95. The molecule has 110 valence electrons. The smallest absolute Gasteiger partial charge is 0.284 e. The summed E-state index contributed by atoms with van der Waals surface area (Å²) in [4.78, 5) is 17.0. The van der Waals surface area contributed by atoms with E-state index >= 15 is 0 Å². The number of hydrogen-bond acceptors (Lipinski definition) is 4. The molecule has 0 spiro atoms. The van der Waals surface area contributed by atoms with E-state index in [0.717, 1.165) is 10.4 Å². The molecular formula is C16H11FN2O2S. The van der Waals surface area contributed by atoms with Gasteiger partial charge in [-0.2, -0.15) is 0 Å². The van der Waals surface area contributed by atoms with Gasteiger partial charge in [-0.3, -0.25) is 4.79 Å². The zero-order valence-corrected chi connectivity index (χ0v) is 12.1. The number of benzene rings is 2. The first kappa shape index (κ1) is 14.2. The quantitative estimate of drug-likeness (QED) is 0.770. The summed E-state index contributed by atoms with van der Waals surface area (Å²) in [5.41, 5.74) is 1.38. The van der Waals surface area contributed by atoms with Crippen LogP contribution in [0.4, 0.5) is 10.1 Å². The van der Waals surface area contributed by atoms with E-state index in [9.17, 15) is 14.3 Å². The normalized spacial score (nSPS) is 10.4. The fourth-order valence-electron chi connectivity index (χ4n) is 1.86. The van der Waals surface area contributed by atoms with Crippen LogP contribution in [-0.2, 0) is 0 Å². The Hall–Kier alpha value is -2.73. The van der Waals surface area contributed by atoms with Crippen LogP contribution in [0.1, 0.15) is 9.80 Å². The number of carbonyl (C=O) groups is 1. The van der Waals surface area contributed by atoms with E-state index in [4.69, 9.17) is 0 Å². The molecular weight excluding hydrogens is 303 g/mol. The number of rotatable bonds is 3. The fraction of sp³-hybridized carbons (Fsp3) is 0. The fourth-order valence-corrected chi connectivity index (χ4v) is 2.67. The van der Waals surface area contributed by atoms with Crippen LogP contribution in [0.25, 0.3) is 10.4 Å². The summed E-state index contributed by atoms with van der Waals surface area (Å²) in [5.74, 6) is -0.522. The van der Waals surface area contributed by atoms with Crippen LogP contribution in [0.15, 0.2) is 54.7 Å². The Morgan fingerprint density at radius 3 is 2.45 bits per heavy atom. The van der Waals surface area contributed by atoms with Crippen molar-refractivity contribution in [2.75, 3.05) is 5.32 Å². The molecule has 22 heavy (non-hydrogen) atoms. The van der Waals surface area contributed by atoms with Gasteiger partial charge in [0.05, 0.1) is 4.88 Å². The average Bonchev–Trinajstić information content (AvgIpc) is 3.00. The van der Waals surface area contributed by atoms with E-state index in [0.29, 0.717) is 10.7 Å². The van der Waals surface area contributed by atoms with Crippen molar-refractivity contribution in [3.63, 3.8) is 0 Å². The van der Waals surface area contributed by atoms with Crippen molar-refractivity contribution in [2.24, 2.45) is 0 Å². The topological polar surface area (TPSA) is 62.2 Å². The molecule has 0 radical (unpaired) electrons. The monoisotopic (exact) mass is 314 g/mol. The van der Waals surface area contributed by atoms with Crippen molar-refractivity contribution < 1.29 is 14.3 Å². The number of aromatic hydroxyl groups is 1. The highest BCUT2D eigenvalue weighted by atomic mass is 32.1. The molecule has 0 unspecified atom stereocenters. The van der Waals surface area contributed by atoms with Crippen LogP contribution in [-0.4, -0.2) is 16.0 Å². The Kier molecular flexibility index (Phi) is 3.84. The summed E-state index contributed by atoms with van der Waals surface area (Å²) >= 11 is 1.24. The van der Waals surface area contributed by atoms with E-state index in [1.54, 1.807) is 30.5 Å². The lowest BCUT2D eigenvalue weighted by molar-refractivity contribution is 0.102. The molecule has 0 saturated carbocycles. The molecule has 2 aromatic carbocycles. The van der Waals surface area contributed by atoms with Crippen LogP contribution in [0.2, 0.25) is 0 Å². The third kappa shape index (κ3) is 3.12. The summed E-state index contributed by atoms with van der Waals surface area (Å²) in [7, 11) is 0. The molecule has 0 bridgehead atoms. The molecule has 1 amide bonds. The second-order valence-corrected chi connectivity index (χ2v) is 5.57. The largest absolute Gasteiger partial charge is 0.508 e. The van der Waals surface area contributed by atoms with Gasteiger partial charge in [-0.05, 0) is 54.1 Å². The molecule has 6 heteroatoms. The van der Waals surface area contributed by atoms with Gasteiger partial charge in [-0.1, -0.05) is 0 Å². The highest BCUT2D eigenvalue weighted by molar-refractivity contribution is 7.17. The molecule has 0 aliphatic carbocycles. The van der Waals surface area contributed by atoms with Gasteiger partial charge in [0, 0.05) is 11.9 Å². The number of nitrogens with zero attached hydrogens (tertiary/aromatic N) is 1. The van der Waals surface area contributed by atoms with Gasteiger partial charge in [0.25, 0.3) is 5.91 Å². The minimum Gasteiger partial charge on any atom is -0.508 e. The number of phenolic OH excluding ortho intramolecular Hbond substituents is 1. The molecule has 3 rings (SSSR count). The maximum Gasteiger partial charge on any atom is 0.284 e. The molecule has 0 aliphatic rings. The molecule has 0 atom stereocenters. The zero-order valence-electron chi connectivity index (χ0n) is 11.3. The Balaban J connectivity index is 1.76. The zero-order chi connectivity index (χ0) is 15.5. The van der Waals surface area contributed by atoms with E-state index in [-0.39, 0.29) is 17.5 Å². The second-order valence-electron chi connectivity index (χ2n) is 4.54. The van der Waals surface area contributed by atoms with Crippen LogP contribution in [0.5, 0.6) is 5.75 Å². The average molecular weight is 314 g/mol. The van der Waals surface area contributed by atoms with Gasteiger partial charge in [0.15, 0.2) is 5.01 Å². The molecule has 4 nitrogen and oxygen atoms in total. The van der Waals surface area contributed by atoms with E-state index in [1.807, 2.05) is 0 Å². The molecule has 3 aromatic rings. The molecule has 0 aliphatic heterocycles. The van der Waals surface area contributed by atoms with Gasteiger partial charge in [0.2, 0.25) is 0 Å². The number of anilines is 1. The SMILES string of the molecule is O=C(Nc1ccc(F)cc1)c1ncc(-c2ccc(O)cc2)s1. The highest BCUT2D eigenvalue weighted by Gasteiger charge is 2.12. The predicted octanol–water partition coefficient (Wildman–Crippen LogP) is 3.91. The number of thiazole rings is 1. The van der Waals surface area contributed by atoms with Gasteiger partial charge < -0.3 is 10.4 Å². The van der Waals surface area contributed by atoms with Crippen molar-refractivity contribution in [3.05, 3.63) is 65.6 Å². The van der Waals surface area contributed by atoms with Crippen molar-refractivity contribution in [2.45, 2.75) is 0 Å². The third-order valence-corrected chi connectivity index (χ3v) is 4.00. The Bertz CT molecular complexity index is 798. The van der Waals surface area contributed by atoms with Gasteiger partial charge in [-0.15, -0.1) is 11.3 Å². The van der Waals surface area contributed by atoms with Crippen molar-refractivity contribution in [1.29, 1.82) is 0 Å². The van der Waals surface area contributed by atoms with Crippen LogP contribution < -0.4 is 5.32 Å². The van der Waals surface area contributed by atoms with E-state index in [1.165, 1.54) is 35.6 Å². The summed E-state index contributed by atoms with van der Waals surface area (Å²) in [6.45, 7) is 0. The number of aromatic nitrogens is 1. The summed E-state index contributed by atoms with van der Waals surface area (Å²) in [6, 6.07) is 12.2. The highest BCUT2D eigenvalue weighted by Crippen LogP contribution is 2.27. The molecule has 1 aromatic heterocycles. The Morgan fingerprint density at radius 2 is 1.77 bits per heavy atom. The van der Waals surface area contributed by atoms with Gasteiger partial charge >= 0.3 is 0 Å². The number of hydrogen-bond donors (Lipinski definition) is 2. The van der Waals surface area contributed by atoms with Gasteiger partial charge in [-0.25, -0.2) is 9.37 Å². The minimum atomic E-state index is -0.359. The van der Waals surface area contributed by atoms with Crippen LogP contribution in [0.3, 0.4) is 0 Å². The van der Waals surface area contributed by atoms with Gasteiger partial charge in [0.1, 0.15) is 11.6 Å². The summed E-state index contributed by atoms with van der Waals surface area (Å²) in [6.07, 6.45) is 1.61. The minimum absolute atomic E-state index is 0.183. The summed E-state index contributed by atoms with van der Waals surface area (Å²) in [5, 5.41) is 12.3. The number of amides is 1.